The normalized spacial score (nSPS) is 11.0. The number of hydrogen-bond acceptors (Lipinski definition) is 8. The van der Waals surface area contributed by atoms with Crippen LogP contribution in [0, 0.1) is 0 Å². The Kier molecular flexibility index (Phi) is 9.76. The maximum atomic E-state index is 14.0. The van der Waals surface area contributed by atoms with Crippen LogP contribution in [0.25, 0.3) is 20.7 Å². The van der Waals surface area contributed by atoms with Crippen LogP contribution >= 0.6 is 11.3 Å². The summed E-state index contributed by atoms with van der Waals surface area (Å²) in [4.78, 5) is 28.1. The molecule has 0 saturated carbocycles. The first-order chi connectivity index (χ1) is 21.0. The van der Waals surface area contributed by atoms with Crippen molar-refractivity contribution in [2.75, 3.05) is 27.4 Å². The van der Waals surface area contributed by atoms with E-state index in [9.17, 15) is 9.59 Å². The molecule has 8 nitrogen and oxygen atoms in total. The predicted octanol–water partition coefficient (Wildman–Crippen LogP) is 6.66. The molecule has 222 valence electrons. The highest BCUT2D eigenvalue weighted by Crippen LogP contribution is 2.39. The van der Waals surface area contributed by atoms with Crippen LogP contribution in [-0.2, 0) is 24.2 Å². The lowest BCUT2D eigenvalue weighted by atomic mass is 10.1. The van der Waals surface area contributed by atoms with E-state index in [-0.39, 0.29) is 17.8 Å². The zero-order valence-corrected chi connectivity index (χ0v) is 25.2. The van der Waals surface area contributed by atoms with E-state index in [1.165, 1.54) is 16.9 Å². The van der Waals surface area contributed by atoms with Crippen molar-refractivity contribution in [3.8, 4) is 27.7 Å². The van der Waals surface area contributed by atoms with Gasteiger partial charge in [0.15, 0.2) is 5.75 Å². The van der Waals surface area contributed by atoms with Crippen molar-refractivity contribution in [1.29, 1.82) is 0 Å². The van der Waals surface area contributed by atoms with Crippen molar-refractivity contribution in [3.05, 3.63) is 112 Å². The van der Waals surface area contributed by atoms with Gasteiger partial charge in [-0.3, -0.25) is 4.79 Å². The number of carbonyl (C=O) groups is 1. The van der Waals surface area contributed by atoms with E-state index in [2.05, 4.69) is 17.4 Å². The molecule has 0 spiro atoms. The van der Waals surface area contributed by atoms with Crippen molar-refractivity contribution in [3.63, 3.8) is 0 Å². The first kappa shape index (κ1) is 29.9. The molecule has 1 N–H and O–H groups in total. The van der Waals surface area contributed by atoms with Gasteiger partial charge in [-0.25, -0.2) is 4.79 Å². The number of benzene rings is 3. The quantitative estimate of drug-likeness (QED) is 0.127. The molecule has 0 aliphatic heterocycles. The van der Waals surface area contributed by atoms with Crippen LogP contribution < -0.4 is 25.0 Å². The minimum atomic E-state index is -0.920. The lowest BCUT2D eigenvalue weighted by molar-refractivity contribution is 0.104. The van der Waals surface area contributed by atoms with Crippen LogP contribution in [0.3, 0.4) is 0 Å². The zero-order chi connectivity index (χ0) is 30.2. The second kappa shape index (κ2) is 14.0. The highest BCUT2D eigenvalue weighted by molar-refractivity contribution is 7.22. The molecule has 0 bridgehead atoms. The maximum absolute atomic E-state index is 14.0. The van der Waals surface area contributed by atoms with Gasteiger partial charge >= 0.3 is 6.16 Å². The molecule has 0 unspecified atom stereocenters. The second-order valence-electron chi connectivity index (χ2n) is 9.78. The van der Waals surface area contributed by atoms with Gasteiger partial charge in [-0.1, -0.05) is 48.5 Å². The van der Waals surface area contributed by atoms with Crippen molar-refractivity contribution in [2.24, 2.45) is 0 Å². The van der Waals surface area contributed by atoms with Gasteiger partial charge in [0.25, 0.3) is 0 Å². The number of fused-ring (bicyclic) bond motifs is 1. The minimum Gasteiger partial charge on any atom is -0.497 e. The SMILES string of the molecule is CCOC(=O)Oc1cn(Cc2ccccc2OC)c2sc(-c3ccc(OC)cc3)c(CNCCc3ccccc3)c2c1=O. The Morgan fingerprint density at radius 2 is 1.65 bits per heavy atom. The van der Waals surface area contributed by atoms with Gasteiger partial charge < -0.3 is 28.8 Å². The minimum absolute atomic E-state index is 0.0922. The van der Waals surface area contributed by atoms with Crippen molar-refractivity contribution < 1.29 is 23.7 Å². The summed E-state index contributed by atoms with van der Waals surface area (Å²) in [5.41, 5.74) is 3.57. The molecule has 9 heteroatoms. The van der Waals surface area contributed by atoms with Crippen molar-refractivity contribution >= 4 is 27.7 Å². The summed E-state index contributed by atoms with van der Waals surface area (Å²) in [6, 6.07) is 25.7. The van der Waals surface area contributed by atoms with Crippen LogP contribution in [0.5, 0.6) is 17.2 Å². The average Bonchev–Trinajstić information content (AvgIpc) is 3.42. The average molecular weight is 599 g/mol. The Hall–Kier alpha value is -4.60. The molecule has 0 radical (unpaired) electrons. The zero-order valence-electron chi connectivity index (χ0n) is 24.4. The monoisotopic (exact) mass is 598 g/mol. The molecule has 2 aromatic heterocycles. The van der Waals surface area contributed by atoms with E-state index < -0.39 is 6.16 Å². The van der Waals surface area contributed by atoms with E-state index in [4.69, 9.17) is 18.9 Å². The number of methoxy groups -OCH3 is 2. The number of pyridine rings is 1. The molecular formula is C34H34N2O6S. The Morgan fingerprint density at radius 3 is 2.37 bits per heavy atom. The molecule has 0 fully saturated rings. The van der Waals surface area contributed by atoms with Gasteiger partial charge in [-0.2, -0.15) is 0 Å². The third-order valence-corrected chi connectivity index (χ3v) is 8.37. The number of nitrogens with zero attached hydrogens (tertiary/aromatic N) is 1. The number of rotatable bonds is 12. The fourth-order valence-corrected chi connectivity index (χ4v) is 6.25. The molecule has 0 atom stereocenters. The molecule has 0 amide bonds. The maximum Gasteiger partial charge on any atom is 0.514 e. The highest BCUT2D eigenvalue weighted by atomic mass is 32.1. The van der Waals surface area contributed by atoms with Crippen molar-refractivity contribution in [1.82, 2.24) is 9.88 Å². The number of aromatic nitrogens is 1. The molecular weight excluding hydrogens is 564 g/mol. The Morgan fingerprint density at radius 1 is 0.907 bits per heavy atom. The lowest BCUT2D eigenvalue weighted by Crippen LogP contribution is -2.21. The van der Waals surface area contributed by atoms with Gasteiger partial charge in [0, 0.05) is 17.0 Å². The Labute approximate surface area is 254 Å². The number of ether oxygens (including phenoxy) is 4. The fourth-order valence-electron chi connectivity index (χ4n) is 4.95. The third-order valence-electron chi connectivity index (χ3n) is 7.05. The Balaban J connectivity index is 1.63. The smallest absolute Gasteiger partial charge is 0.497 e. The summed E-state index contributed by atoms with van der Waals surface area (Å²) in [6.45, 7) is 3.37. The first-order valence-electron chi connectivity index (χ1n) is 14.1. The first-order valence-corrected chi connectivity index (χ1v) is 14.9. The Bertz CT molecular complexity index is 1750. The summed E-state index contributed by atoms with van der Waals surface area (Å²) >= 11 is 1.53. The summed E-state index contributed by atoms with van der Waals surface area (Å²) in [7, 11) is 3.26. The number of nitrogens with one attached hydrogen (secondary N) is 1. The lowest BCUT2D eigenvalue weighted by Gasteiger charge is -2.14. The van der Waals surface area contributed by atoms with Gasteiger partial charge in [-0.15, -0.1) is 11.3 Å². The summed E-state index contributed by atoms with van der Waals surface area (Å²) in [6.07, 6.45) is 1.50. The number of hydrogen-bond donors (Lipinski definition) is 1. The number of carbonyl (C=O) groups excluding carboxylic acids is 1. The van der Waals surface area contributed by atoms with E-state index in [0.29, 0.717) is 18.5 Å². The standard InChI is InChI=1S/C34H34N2O6S/c1-4-41-34(38)42-29-22-36(21-25-12-8-9-13-28(25)40-3)33-30(31(29)37)27(20-35-19-18-23-10-6-5-7-11-23)32(43-33)24-14-16-26(39-2)17-15-24/h5-17,22,35H,4,18-21H2,1-3H3. The number of thiophene rings is 1. The van der Waals surface area contributed by atoms with Gasteiger partial charge in [0.2, 0.25) is 5.43 Å². The third kappa shape index (κ3) is 6.90. The molecule has 0 aliphatic rings. The van der Waals surface area contributed by atoms with E-state index in [1.807, 2.05) is 71.3 Å². The molecule has 2 heterocycles. The van der Waals surface area contributed by atoms with Crippen molar-refractivity contribution in [2.45, 2.75) is 26.4 Å². The molecule has 3 aromatic carbocycles. The van der Waals surface area contributed by atoms with Gasteiger partial charge in [0.05, 0.1) is 39.0 Å². The van der Waals surface area contributed by atoms with E-state index in [0.717, 1.165) is 50.9 Å². The van der Waals surface area contributed by atoms with Gasteiger partial charge in [-0.05, 0) is 66.9 Å². The molecule has 0 aliphatic carbocycles. The van der Waals surface area contributed by atoms with E-state index >= 15 is 0 Å². The van der Waals surface area contributed by atoms with Crippen LogP contribution in [0.15, 0.2) is 89.9 Å². The van der Waals surface area contributed by atoms with Crippen LogP contribution in [0.1, 0.15) is 23.6 Å². The van der Waals surface area contributed by atoms with Crippen LogP contribution in [-0.4, -0.2) is 38.1 Å². The summed E-state index contributed by atoms with van der Waals surface area (Å²) in [5, 5.41) is 4.04. The molecule has 5 aromatic rings. The number of para-hydroxylation sites is 1. The predicted molar refractivity (Wildman–Crippen MR) is 170 cm³/mol. The highest BCUT2D eigenvalue weighted by Gasteiger charge is 2.23. The molecule has 43 heavy (non-hydrogen) atoms. The van der Waals surface area contributed by atoms with E-state index in [1.54, 1.807) is 27.3 Å². The van der Waals surface area contributed by atoms with Crippen LogP contribution in [0.2, 0.25) is 0 Å². The summed E-state index contributed by atoms with van der Waals surface area (Å²) in [5.74, 6) is 1.37. The van der Waals surface area contributed by atoms with Gasteiger partial charge in [0.1, 0.15) is 16.3 Å². The topological polar surface area (TPSA) is 88.0 Å². The molecule has 0 saturated heterocycles. The largest absolute Gasteiger partial charge is 0.514 e. The fraction of sp³-hybridized carbons (Fsp3) is 0.235. The second-order valence-corrected chi connectivity index (χ2v) is 10.8. The van der Waals surface area contributed by atoms with Crippen LogP contribution in [0.4, 0.5) is 4.79 Å². The molecule has 5 rings (SSSR count). The summed E-state index contributed by atoms with van der Waals surface area (Å²) < 4.78 is 23.4.